The maximum absolute atomic E-state index is 12.9. The molecule has 1 fully saturated rings. The Kier molecular flexibility index (Phi) is 7.43. The maximum atomic E-state index is 12.9. The number of sulfone groups is 1. The number of hydrogen-bond acceptors (Lipinski definition) is 5. The van der Waals surface area contributed by atoms with Crippen LogP contribution in [0.3, 0.4) is 0 Å². The molecule has 4 rings (SSSR count). The van der Waals surface area contributed by atoms with Crippen LogP contribution in [0.25, 0.3) is 10.8 Å². The van der Waals surface area contributed by atoms with Crippen LogP contribution in [-0.4, -0.2) is 56.1 Å². The number of aromatic nitrogens is 1. The van der Waals surface area contributed by atoms with Gasteiger partial charge >= 0.3 is 0 Å². The molecule has 2 aromatic carbocycles. The van der Waals surface area contributed by atoms with Crippen LogP contribution < -0.4 is 4.90 Å². The average Bonchev–Trinajstić information content (AvgIpc) is 2.83. The minimum Gasteiger partial charge on any atom is -0.369 e. The van der Waals surface area contributed by atoms with Crippen molar-refractivity contribution in [1.82, 2.24) is 9.88 Å². The summed E-state index contributed by atoms with van der Waals surface area (Å²) in [5, 5.41) is 2.34. The fraction of sp³-hybridized carbons (Fsp3) is 0.385. The molecule has 0 N–H and O–H groups in total. The van der Waals surface area contributed by atoms with Gasteiger partial charge in [0.1, 0.15) is 0 Å². The lowest BCUT2D eigenvalue weighted by molar-refractivity contribution is -0.132. The second-order valence-corrected chi connectivity index (χ2v) is 11.5. The molecule has 1 aromatic heterocycles. The van der Waals surface area contributed by atoms with E-state index in [4.69, 9.17) is 11.6 Å². The van der Waals surface area contributed by atoms with E-state index in [0.29, 0.717) is 11.4 Å². The van der Waals surface area contributed by atoms with Crippen molar-refractivity contribution >= 4 is 43.8 Å². The molecule has 1 aliphatic heterocycles. The van der Waals surface area contributed by atoms with E-state index in [9.17, 15) is 13.2 Å². The molecular formula is C26H30ClN3O3S. The Bertz CT molecular complexity index is 1300. The molecule has 1 unspecified atom stereocenters. The summed E-state index contributed by atoms with van der Waals surface area (Å²) < 4.78 is 25.7. The number of fused-ring (bicyclic) bond motifs is 1. The minimum atomic E-state index is -3.47. The van der Waals surface area contributed by atoms with Crippen LogP contribution in [0.2, 0.25) is 5.02 Å². The van der Waals surface area contributed by atoms with Crippen LogP contribution in [0.4, 0.5) is 5.69 Å². The molecule has 0 radical (unpaired) electrons. The Morgan fingerprint density at radius 3 is 2.71 bits per heavy atom. The first-order valence-electron chi connectivity index (χ1n) is 11.6. The van der Waals surface area contributed by atoms with Crippen LogP contribution in [0.15, 0.2) is 59.6 Å². The first-order valence-corrected chi connectivity index (χ1v) is 13.6. The fourth-order valence-corrected chi connectivity index (χ4v) is 6.05. The summed E-state index contributed by atoms with van der Waals surface area (Å²) in [5.74, 6) is -0.0696. The van der Waals surface area contributed by atoms with Crippen LogP contribution in [0.1, 0.15) is 31.4 Å². The number of carbonyl (C=O) groups excluding carboxylic acids is 1. The van der Waals surface area contributed by atoms with Gasteiger partial charge in [-0.3, -0.25) is 9.78 Å². The third-order valence-corrected chi connectivity index (χ3v) is 8.55. The van der Waals surface area contributed by atoms with E-state index < -0.39 is 9.84 Å². The second kappa shape index (κ2) is 10.3. The van der Waals surface area contributed by atoms with Gasteiger partial charge in [0.25, 0.3) is 0 Å². The summed E-state index contributed by atoms with van der Waals surface area (Å²) in [6.45, 7) is 3.70. The van der Waals surface area contributed by atoms with E-state index in [1.54, 1.807) is 29.2 Å². The summed E-state index contributed by atoms with van der Waals surface area (Å²) in [4.78, 5) is 21.5. The smallest absolute Gasteiger partial charge is 0.222 e. The number of amides is 1. The molecule has 2 heterocycles. The van der Waals surface area contributed by atoms with Crippen molar-refractivity contribution in [3.63, 3.8) is 0 Å². The highest BCUT2D eigenvalue weighted by Gasteiger charge is 2.26. The first kappa shape index (κ1) is 24.5. The van der Waals surface area contributed by atoms with Crippen LogP contribution >= 0.6 is 11.6 Å². The average molecular weight is 500 g/mol. The Balaban J connectivity index is 1.33. The van der Waals surface area contributed by atoms with E-state index in [1.807, 2.05) is 38.4 Å². The molecule has 0 bridgehead atoms. The summed E-state index contributed by atoms with van der Waals surface area (Å²) in [5.41, 5.74) is 2.10. The van der Waals surface area contributed by atoms with Crippen molar-refractivity contribution in [2.75, 3.05) is 30.8 Å². The summed E-state index contributed by atoms with van der Waals surface area (Å²) in [7, 11) is -1.64. The van der Waals surface area contributed by atoms with Crippen molar-refractivity contribution in [3.8, 4) is 0 Å². The van der Waals surface area contributed by atoms with Crippen molar-refractivity contribution < 1.29 is 13.2 Å². The summed E-state index contributed by atoms with van der Waals surface area (Å²) in [6.07, 6.45) is 4.27. The first-order chi connectivity index (χ1) is 16.2. The predicted octanol–water partition coefficient (Wildman–Crippen LogP) is 4.88. The van der Waals surface area contributed by atoms with Gasteiger partial charge in [-0.2, -0.15) is 0 Å². The van der Waals surface area contributed by atoms with E-state index in [0.717, 1.165) is 48.1 Å². The number of piperidine rings is 1. The molecule has 1 atom stereocenters. The fourth-order valence-electron chi connectivity index (χ4n) is 4.53. The summed E-state index contributed by atoms with van der Waals surface area (Å²) >= 11 is 6.01. The van der Waals surface area contributed by atoms with Gasteiger partial charge in [0, 0.05) is 55.2 Å². The normalized spacial score (nSPS) is 16.6. The number of halogens is 1. The Morgan fingerprint density at radius 1 is 1.15 bits per heavy atom. The topological polar surface area (TPSA) is 70.6 Å². The number of nitrogens with zero attached hydrogens (tertiary/aromatic N) is 3. The van der Waals surface area contributed by atoms with Crippen LogP contribution in [0.5, 0.6) is 0 Å². The van der Waals surface area contributed by atoms with Crippen molar-refractivity contribution in [1.29, 1.82) is 0 Å². The molecule has 1 aliphatic rings. The van der Waals surface area contributed by atoms with Crippen LogP contribution in [0, 0.1) is 6.92 Å². The molecule has 180 valence electrons. The standard InChI is InChI=1S/C26H30ClN3O3S/c1-19-15-23(11-12-28-19)30-13-3-5-24(18-30)29(2)26(31)6-4-14-34(32,33)25-10-8-20-16-22(27)9-7-21(20)17-25/h7-12,15-17,24H,3-6,13-14,18H2,1-2H3. The number of carbonyl (C=O) groups is 1. The molecule has 0 aliphatic carbocycles. The zero-order chi connectivity index (χ0) is 24.3. The van der Waals surface area contributed by atoms with Gasteiger partial charge < -0.3 is 9.80 Å². The molecule has 0 spiro atoms. The molecule has 1 saturated heterocycles. The van der Waals surface area contributed by atoms with Gasteiger partial charge in [-0.05, 0) is 73.4 Å². The molecule has 8 heteroatoms. The molecule has 0 saturated carbocycles. The molecule has 3 aromatic rings. The van der Waals surface area contributed by atoms with Crippen molar-refractivity contribution in [2.24, 2.45) is 0 Å². The lowest BCUT2D eigenvalue weighted by Gasteiger charge is -2.39. The zero-order valence-electron chi connectivity index (χ0n) is 19.6. The third-order valence-electron chi connectivity index (χ3n) is 6.52. The largest absolute Gasteiger partial charge is 0.369 e. The zero-order valence-corrected chi connectivity index (χ0v) is 21.1. The number of likely N-dealkylation sites (N-methyl/N-ethyl adjacent to an activating group) is 1. The van der Waals surface area contributed by atoms with Crippen molar-refractivity contribution in [3.05, 3.63) is 65.4 Å². The second-order valence-electron chi connectivity index (χ2n) is 8.98. The quantitative estimate of drug-likeness (QED) is 0.463. The number of hydrogen-bond donors (Lipinski definition) is 0. The Hall–Kier alpha value is -2.64. The molecule has 34 heavy (non-hydrogen) atoms. The lowest BCUT2D eigenvalue weighted by Crippen LogP contribution is -2.48. The van der Waals surface area contributed by atoms with Crippen molar-refractivity contribution in [2.45, 2.75) is 43.5 Å². The number of pyridine rings is 1. The maximum Gasteiger partial charge on any atom is 0.222 e. The Labute approximate surface area is 206 Å². The number of anilines is 1. The van der Waals surface area contributed by atoms with E-state index in [1.165, 1.54) is 0 Å². The highest BCUT2D eigenvalue weighted by molar-refractivity contribution is 7.91. The van der Waals surface area contributed by atoms with Crippen LogP contribution in [-0.2, 0) is 14.6 Å². The monoisotopic (exact) mass is 499 g/mol. The predicted molar refractivity (Wildman–Crippen MR) is 137 cm³/mol. The van der Waals surface area contributed by atoms with Gasteiger partial charge in [-0.25, -0.2) is 8.42 Å². The van der Waals surface area contributed by atoms with Gasteiger partial charge in [-0.1, -0.05) is 23.7 Å². The van der Waals surface area contributed by atoms with Gasteiger partial charge in [0.05, 0.1) is 10.6 Å². The third kappa shape index (κ3) is 5.70. The SMILES string of the molecule is Cc1cc(N2CCCC(N(C)C(=O)CCCS(=O)(=O)c3ccc4cc(Cl)ccc4c3)C2)ccn1. The van der Waals surface area contributed by atoms with Gasteiger partial charge in [0.2, 0.25) is 5.91 Å². The van der Waals surface area contributed by atoms with Gasteiger partial charge in [-0.15, -0.1) is 0 Å². The number of benzene rings is 2. The highest BCUT2D eigenvalue weighted by Crippen LogP contribution is 2.25. The molecule has 6 nitrogen and oxygen atoms in total. The van der Waals surface area contributed by atoms with Gasteiger partial charge in [0.15, 0.2) is 9.84 Å². The number of aryl methyl sites for hydroxylation is 1. The number of rotatable bonds is 7. The highest BCUT2D eigenvalue weighted by atomic mass is 35.5. The lowest BCUT2D eigenvalue weighted by atomic mass is 10.0. The molecule has 1 amide bonds. The Morgan fingerprint density at radius 2 is 1.91 bits per heavy atom. The molecular weight excluding hydrogens is 470 g/mol. The minimum absolute atomic E-state index is 0.0129. The van der Waals surface area contributed by atoms with E-state index in [-0.39, 0.29) is 29.0 Å². The van der Waals surface area contributed by atoms with E-state index in [2.05, 4.69) is 16.0 Å². The summed E-state index contributed by atoms with van der Waals surface area (Å²) in [6, 6.07) is 14.6. The van der Waals surface area contributed by atoms with E-state index >= 15 is 0 Å².